The molecule has 1 rings (SSSR count). The molecule has 0 saturated heterocycles. The highest BCUT2D eigenvalue weighted by molar-refractivity contribution is 7.10. The van der Waals surface area contributed by atoms with Gasteiger partial charge in [0, 0.05) is 10.4 Å². The van der Waals surface area contributed by atoms with Crippen LogP contribution in [0.1, 0.15) is 22.2 Å². The van der Waals surface area contributed by atoms with Crippen LogP contribution in [0.4, 0.5) is 0 Å². The fraction of sp³-hybridized carbons (Fsp3) is 0.333. The molecule has 4 heteroatoms. The Hall–Kier alpha value is -1.16. The van der Waals surface area contributed by atoms with Crippen LogP contribution in [-0.4, -0.2) is 18.4 Å². The predicted molar refractivity (Wildman–Crippen MR) is 50.0 cm³/mol. The van der Waals surface area contributed by atoms with Crippen LogP contribution in [0, 0.1) is 6.92 Å². The first-order valence-corrected chi connectivity index (χ1v) is 4.80. The minimum atomic E-state index is -0.774. The minimum Gasteiger partial charge on any atom is -0.460 e. The summed E-state index contributed by atoms with van der Waals surface area (Å²) in [6.45, 7) is 3.70. The SMILES string of the molecule is CCOC(=O)C(=O)c1ccsc1C. The molecule has 0 saturated carbocycles. The highest BCUT2D eigenvalue weighted by atomic mass is 32.1. The second-order valence-corrected chi connectivity index (χ2v) is 3.56. The van der Waals surface area contributed by atoms with Crippen LogP contribution in [0.15, 0.2) is 11.4 Å². The maximum absolute atomic E-state index is 11.3. The van der Waals surface area contributed by atoms with Crippen molar-refractivity contribution in [3.8, 4) is 0 Å². The number of aryl methyl sites for hydroxylation is 1. The van der Waals surface area contributed by atoms with Crippen molar-refractivity contribution >= 4 is 23.1 Å². The second-order valence-electron chi connectivity index (χ2n) is 2.44. The molecule has 0 fully saturated rings. The zero-order valence-electron chi connectivity index (χ0n) is 7.49. The third kappa shape index (κ3) is 2.15. The zero-order valence-corrected chi connectivity index (χ0v) is 8.31. The molecule has 0 atom stereocenters. The summed E-state index contributed by atoms with van der Waals surface area (Å²) in [5.41, 5.74) is 0.448. The number of ether oxygens (including phenoxy) is 1. The molecular formula is C9H10O3S. The van der Waals surface area contributed by atoms with Gasteiger partial charge in [0.2, 0.25) is 0 Å². The minimum absolute atomic E-state index is 0.230. The largest absolute Gasteiger partial charge is 0.460 e. The number of hydrogen-bond acceptors (Lipinski definition) is 4. The number of esters is 1. The van der Waals surface area contributed by atoms with Gasteiger partial charge in [-0.3, -0.25) is 4.79 Å². The first-order chi connectivity index (χ1) is 6.16. The lowest BCUT2D eigenvalue weighted by molar-refractivity contribution is -0.137. The summed E-state index contributed by atoms with van der Waals surface area (Å²) < 4.78 is 4.60. The number of ketones is 1. The molecule has 1 aromatic heterocycles. The molecule has 0 aromatic carbocycles. The summed E-state index contributed by atoms with van der Waals surface area (Å²) in [6, 6.07) is 1.64. The third-order valence-electron chi connectivity index (χ3n) is 1.56. The monoisotopic (exact) mass is 198 g/mol. The van der Waals surface area contributed by atoms with Gasteiger partial charge in [0.15, 0.2) is 0 Å². The summed E-state index contributed by atoms with van der Waals surface area (Å²) in [5, 5.41) is 1.78. The Morgan fingerprint density at radius 2 is 2.23 bits per heavy atom. The molecule has 1 heterocycles. The lowest BCUT2D eigenvalue weighted by Gasteiger charge is -1.99. The third-order valence-corrected chi connectivity index (χ3v) is 2.41. The molecule has 3 nitrogen and oxygen atoms in total. The Kier molecular flexibility index (Phi) is 3.19. The molecule has 0 N–H and O–H groups in total. The van der Waals surface area contributed by atoms with E-state index in [2.05, 4.69) is 4.74 Å². The van der Waals surface area contributed by atoms with Crippen molar-refractivity contribution in [1.29, 1.82) is 0 Å². The van der Waals surface area contributed by atoms with Crippen LogP contribution in [0.2, 0.25) is 0 Å². The van der Waals surface area contributed by atoms with E-state index in [0.29, 0.717) is 5.56 Å². The molecular weight excluding hydrogens is 188 g/mol. The quantitative estimate of drug-likeness (QED) is 0.422. The van der Waals surface area contributed by atoms with Crippen molar-refractivity contribution in [3.63, 3.8) is 0 Å². The molecule has 1 aromatic rings. The molecule has 0 radical (unpaired) electrons. The van der Waals surface area contributed by atoms with Crippen molar-refractivity contribution in [2.24, 2.45) is 0 Å². The van der Waals surface area contributed by atoms with Crippen molar-refractivity contribution in [2.75, 3.05) is 6.61 Å². The standard InChI is InChI=1S/C9H10O3S/c1-3-12-9(11)8(10)7-4-5-13-6(7)2/h4-5H,3H2,1-2H3. The molecule has 0 aliphatic rings. The maximum atomic E-state index is 11.3. The van der Waals surface area contributed by atoms with Gasteiger partial charge in [0.05, 0.1) is 6.61 Å². The Morgan fingerprint density at radius 1 is 1.54 bits per heavy atom. The van der Waals surface area contributed by atoms with E-state index in [9.17, 15) is 9.59 Å². The first-order valence-electron chi connectivity index (χ1n) is 3.92. The topological polar surface area (TPSA) is 43.4 Å². The van der Waals surface area contributed by atoms with Crippen LogP contribution in [-0.2, 0) is 9.53 Å². The van der Waals surface area contributed by atoms with Gasteiger partial charge in [-0.05, 0) is 25.3 Å². The van der Waals surface area contributed by atoms with E-state index in [1.54, 1.807) is 25.3 Å². The average Bonchev–Trinajstić information content (AvgIpc) is 2.50. The van der Waals surface area contributed by atoms with Gasteiger partial charge < -0.3 is 4.74 Å². The first kappa shape index (κ1) is 9.92. The Balaban J connectivity index is 2.80. The molecule has 0 bridgehead atoms. The molecule has 13 heavy (non-hydrogen) atoms. The van der Waals surface area contributed by atoms with Gasteiger partial charge in [0.1, 0.15) is 0 Å². The molecule has 0 aliphatic carbocycles. The molecule has 70 valence electrons. The summed E-state index contributed by atoms with van der Waals surface area (Å²) >= 11 is 1.44. The zero-order chi connectivity index (χ0) is 9.84. The van der Waals surface area contributed by atoms with Gasteiger partial charge in [-0.15, -0.1) is 11.3 Å². The van der Waals surface area contributed by atoms with Crippen molar-refractivity contribution in [3.05, 3.63) is 21.9 Å². The number of carbonyl (C=O) groups excluding carboxylic acids is 2. The van der Waals surface area contributed by atoms with Crippen LogP contribution in [0.3, 0.4) is 0 Å². The number of thiophene rings is 1. The van der Waals surface area contributed by atoms with Gasteiger partial charge in [-0.2, -0.15) is 0 Å². The van der Waals surface area contributed by atoms with E-state index in [-0.39, 0.29) is 6.61 Å². The van der Waals surface area contributed by atoms with Gasteiger partial charge >= 0.3 is 5.97 Å². The second kappa shape index (κ2) is 4.18. The van der Waals surface area contributed by atoms with E-state index < -0.39 is 11.8 Å². The van der Waals surface area contributed by atoms with E-state index in [1.807, 2.05) is 0 Å². The molecule has 0 spiro atoms. The Bertz CT molecular complexity index is 327. The van der Waals surface area contributed by atoms with Crippen LogP contribution in [0.25, 0.3) is 0 Å². The molecule has 0 unspecified atom stereocenters. The van der Waals surface area contributed by atoms with Crippen LogP contribution < -0.4 is 0 Å². The van der Waals surface area contributed by atoms with Crippen LogP contribution in [0.5, 0.6) is 0 Å². The summed E-state index contributed by atoms with van der Waals surface area (Å²) in [5.74, 6) is -1.33. The highest BCUT2D eigenvalue weighted by Gasteiger charge is 2.19. The van der Waals surface area contributed by atoms with Gasteiger partial charge in [-0.25, -0.2) is 4.79 Å². The van der Waals surface area contributed by atoms with E-state index in [4.69, 9.17) is 0 Å². The van der Waals surface area contributed by atoms with Crippen molar-refractivity contribution in [1.82, 2.24) is 0 Å². The molecule has 0 aliphatic heterocycles. The number of carbonyl (C=O) groups is 2. The lowest BCUT2D eigenvalue weighted by atomic mass is 10.2. The Labute approximate surface area is 80.3 Å². The van der Waals surface area contributed by atoms with Crippen molar-refractivity contribution < 1.29 is 14.3 Å². The summed E-state index contributed by atoms with van der Waals surface area (Å²) in [4.78, 5) is 23.2. The fourth-order valence-corrected chi connectivity index (χ4v) is 1.62. The van der Waals surface area contributed by atoms with Gasteiger partial charge in [0.25, 0.3) is 5.78 Å². The highest BCUT2D eigenvalue weighted by Crippen LogP contribution is 2.15. The maximum Gasteiger partial charge on any atom is 0.379 e. The van der Waals surface area contributed by atoms with E-state index >= 15 is 0 Å². The summed E-state index contributed by atoms with van der Waals surface area (Å²) in [7, 11) is 0. The lowest BCUT2D eigenvalue weighted by Crippen LogP contribution is -2.17. The number of hydrogen-bond donors (Lipinski definition) is 0. The number of Topliss-reactive ketones (excluding diaryl/α,β-unsaturated/α-hetero) is 1. The predicted octanol–water partition coefficient (Wildman–Crippen LogP) is 1.80. The average molecular weight is 198 g/mol. The van der Waals surface area contributed by atoms with Gasteiger partial charge in [-0.1, -0.05) is 0 Å². The molecule has 0 amide bonds. The smallest absolute Gasteiger partial charge is 0.379 e. The normalized spacial score (nSPS) is 9.69. The Morgan fingerprint density at radius 3 is 2.69 bits per heavy atom. The van der Waals surface area contributed by atoms with Crippen molar-refractivity contribution in [2.45, 2.75) is 13.8 Å². The van der Waals surface area contributed by atoms with E-state index in [1.165, 1.54) is 11.3 Å². The fourth-order valence-electron chi connectivity index (χ4n) is 0.927. The van der Waals surface area contributed by atoms with E-state index in [0.717, 1.165) is 4.88 Å². The summed E-state index contributed by atoms with van der Waals surface area (Å²) in [6.07, 6.45) is 0. The number of rotatable bonds is 3. The van der Waals surface area contributed by atoms with Crippen LogP contribution >= 0.6 is 11.3 Å².